The summed E-state index contributed by atoms with van der Waals surface area (Å²) in [7, 11) is 0. The van der Waals surface area contributed by atoms with Crippen molar-refractivity contribution in [1.29, 1.82) is 0 Å². The Labute approximate surface area is 135 Å². The molecule has 1 saturated carbocycles. The van der Waals surface area contributed by atoms with Crippen LogP contribution < -0.4 is 14.8 Å². The summed E-state index contributed by atoms with van der Waals surface area (Å²) in [6.07, 6.45) is 3.70. The Hall–Kier alpha value is -2.31. The van der Waals surface area contributed by atoms with Crippen LogP contribution in [0.1, 0.15) is 39.5 Å². The maximum atomic E-state index is 12.3. The first-order valence-electron chi connectivity index (χ1n) is 7.95. The van der Waals surface area contributed by atoms with E-state index in [2.05, 4.69) is 5.32 Å². The zero-order valence-corrected chi connectivity index (χ0v) is 13.5. The molecule has 7 nitrogen and oxygen atoms in total. The van der Waals surface area contributed by atoms with Crippen molar-refractivity contribution in [2.75, 3.05) is 18.5 Å². The van der Waals surface area contributed by atoms with E-state index in [9.17, 15) is 14.9 Å². The number of hydrogen-bond acceptors (Lipinski definition) is 5. The first kappa shape index (κ1) is 17.1. The van der Waals surface area contributed by atoms with Crippen molar-refractivity contribution in [1.82, 2.24) is 0 Å². The second kappa shape index (κ2) is 7.80. The molecule has 2 rings (SSSR count). The number of nitrogens with one attached hydrogen (secondary N) is 1. The molecule has 23 heavy (non-hydrogen) atoms. The molecule has 1 aromatic rings. The summed E-state index contributed by atoms with van der Waals surface area (Å²) in [5.41, 5.74) is -0.0398. The van der Waals surface area contributed by atoms with Gasteiger partial charge < -0.3 is 14.8 Å². The Morgan fingerprint density at radius 3 is 2.30 bits per heavy atom. The molecule has 1 aliphatic carbocycles. The standard InChI is InChI=1S/C16H22N2O5/c1-3-22-14-9-12(17-16(19)11-7-5-6-8-11)13(18(20)21)10-15(14)23-4-2/h9-11H,3-8H2,1-2H3,(H,17,19). The van der Waals surface area contributed by atoms with Crippen LogP contribution in [0.2, 0.25) is 0 Å². The third-order valence-electron chi connectivity index (χ3n) is 3.84. The van der Waals surface area contributed by atoms with Crippen LogP contribution in [-0.4, -0.2) is 24.0 Å². The van der Waals surface area contributed by atoms with Crippen molar-refractivity contribution in [2.24, 2.45) is 5.92 Å². The van der Waals surface area contributed by atoms with Crippen molar-refractivity contribution in [2.45, 2.75) is 39.5 Å². The number of hydrogen-bond donors (Lipinski definition) is 1. The summed E-state index contributed by atoms with van der Waals surface area (Å²) < 4.78 is 10.9. The molecule has 126 valence electrons. The number of carbonyl (C=O) groups excluding carboxylic acids is 1. The fraction of sp³-hybridized carbons (Fsp3) is 0.562. The van der Waals surface area contributed by atoms with E-state index in [4.69, 9.17) is 9.47 Å². The molecule has 0 saturated heterocycles. The highest BCUT2D eigenvalue weighted by Gasteiger charge is 2.26. The SMILES string of the molecule is CCOc1cc(NC(=O)C2CCCC2)c([N+](=O)[O-])cc1OCC. The number of amides is 1. The Morgan fingerprint density at radius 2 is 1.78 bits per heavy atom. The molecule has 0 atom stereocenters. The van der Waals surface area contributed by atoms with Crippen LogP contribution in [0.5, 0.6) is 11.5 Å². The van der Waals surface area contributed by atoms with Gasteiger partial charge in [0.25, 0.3) is 5.69 Å². The van der Waals surface area contributed by atoms with Crippen molar-refractivity contribution in [3.05, 3.63) is 22.2 Å². The number of nitrogens with zero attached hydrogens (tertiary/aromatic N) is 1. The van der Waals surface area contributed by atoms with Crippen LogP contribution in [0.15, 0.2) is 12.1 Å². The number of nitro benzene ring substituents is 1. The zero-order valence-electron chi connectivity index (χ0n) is 13.5. The number of nitro groups is 1. The lowest BCUT2D eigenvalue weighted by Crippen LogP contribution is -2.21. The van der Waals surface area contributed by atoms with Crippen LogP contribution in [0.25, 0.3) is 0 Å². The molecule has 0 unspecified atom stereocenters. The number of rotatable bonds is 7. The lowest BCUT2D eigenvalue weighted by molar-refractivity contribution is -0.384. The third-order valence-corrected chi connectivity index (χ3v) is 3.84. The lowest BCUT2D eigenvalue weighted by Gasteiger charge is -2.15. The molecule has 1 N–H and O–H groups in total. The van der Waals surface area contributed by atoms with E-state index in [1.54, 1.807) is 6.92 Å². The Bertz CT molecular complexity index is 582. The van der Waals surface area contributed by atoms with Gasteiger partial charge in [0.05, 0.1) is 24.2 Å². The van der Waals surface area contributed by atoms with Gasteiger partial charge in [0.15, 0.2) is 11.5 Å². The molecule has 1 amide bonds. The summed E-state index contributed by atoms with van der Waals surface area (Å²) in [5.74, 6) is 0.454. The molecule has 0 radical (unpaired) electrons. The van der Waals surface area contributed by atoms with Gasteiger partial charge in [-0.05, 0) is 26.7 Å². The van der Waals surface area contributed by atoms with Gasteiger partial charge in [0.1, 0.15) is 5.69 Å². The quantitative estimate of drug-likeness (QED) is 0.612. The molecule has 0 heterocycles. The minimum Gasteiger partial charge on any atom is -0.490 e. The highest BCUT2D eigenvalue weighted by molar-refractivity contribution is 5.95. The van der Waals surface area contributed by atoms with E-state index in [1.165, 1.54) is 12.1 Å². The van der Waals surface area contributed by atoms with Gasteiger partial charge >= 0.3 is 0 Å². The smallest absolute Gasteiger partial charge is 0.296 e. The largest absolute Gasteiger partial charge is 0.490 e. The first-order valence-corrected chi connectivity index (χ1v) is 7.95. The fourth-order valence-corrected chi connectivity index (χ4v) is 2.76. The molecule has 1 fully saturated rings. The van der Waals surface area contributed by atoms with Gasteiger partial charge in [-0.3, -0.25) is 14.9 Å². The number of carbonyl (C=O) groups is 1. The topological polar surface area (TPSA) is 90.7 Å². The molecule has 0 bridgehead atoms. The van der Waals surface area contributed by atoms with Crippen LogP contribution in [0.4, 0.5) is 11.4 Å². The average Bonchev–Trinajstić information content (AvgIpc) is 3.04. The molecular weight excluding hydrogens is 300 g/mol. The number of anilines is 1. The predicted molar refractivity (Wildman–Crippen MR) is 86.0 cm³/mol. The Morgan fingerprint density at radius 1 is 1.22 bits per heavy atom. The summed E-state index contributed by atoms with van der Waals surface area (Å²) >= 11 is 0. The van der Waals surface area contributed by atoms with Crippen molar-refractivity contribution in [3.63, 3.8) is 0 Å². The fourth-order valence-electron chi connectivity index (χ4n) is 2.76. The summed E-state index contributed by atoms with van der Waals surface area (Å²) in [6.45, 7) is 4.37. The van der Waals surface area contributed by atoms with Gasteiger partial charge in [-0.1, -0.05) is 12.8 Å². The molecule has 0 spiro atoms. The van der Waals surface area contributed by atoms with Gasteiger partial charge in [-0.25, -0.2) is 0 Å². The van der Waals surface area contributed by atoms with E-state index in [-0.39, 0.29) is 23.2 Å². The lowest BCUT2D eigenvalue weighted by atomic mass is 10.1. The average molecular weight is 322 g/mol. The maximum absolute atomic E-state index is 12.3. The monoisotopic (exact) mass is 322 g/mol. The predicted octanol–water partition coefficient (Wildman–Crippen LogP) is 3.52. The van der Waals surface area contributed by atoms with Crippen molar-refractivity contribution in [3.8, 4) is 11.5 Å². The van der Waals surface area contributed by atoms with E-state index >= 15 is 0 Å². The highest BCUT2D eigenvalue weighted by Crippen LogP contribution is 2.38. The van der Waals surface area contributed by atoms with Crippen LogP contribution in [0.3, 0.4) is 0 Å². The molecular formula is C16H22N2O5. The van der Waals surface area contributed by atoms with Gasteiger partial charge in [0.2, 0.25) is 5.91 Å². The molecule has 7 heteroatoms. The van der Waals surface area contributed by atoms with Crippen LogP contribution >= 0.6 is 0 Å². The summed E-state index contributed by atoms with van der Waals surface area (Å²) in [4.78, 5) is 23.0. The molecule has 1 aromatic carbocycles. The molecule has 0 aromatic heterocycles. The molecule has 1 aliphatic rings. The minimum absolute atomic E-state index is 0.0725. The van der Waals surface area contributed by atoms with E-state index in [0.717, 1.165) is 25.7 Å². The summed E-state index contributed by atoms with van der Waals surface area (Å²) in [6, 6.07) is 2.78. The van der Waals surface area contributed by atoms with E-state index in [0.29, 0.717) is 24.7 Å². The second-order valence-electron chi connectivity index (χ2n) is 5.41. The second-order valence-corrected chi connectivity index (χ2v) is 5.41. The van der Waals surface area contributed by atoms with Crippen LogP contribution in [0, 0.1) is 16.0 Å². The Kier molecular flexibility index (Phi) is 5.78. The number of benzene rings is 1. The Balaban J connectivity index is 2.32. The maximum Gasteiger partial charge on any atom is 0.296 e. The highest BCUT2D eigenvalue weighted by atomic mass is 16.6. The first-order chi connectivity index (χ1) is 11.1. The molecule has 0 aliphatic heterocycles. The zero-order chi connectivity index (χ0) is 16.8. The van der Waals surface area contributed by atoms with Gasteiger partial charge in [0, 0.05) is 12.0 Å². The number of ether oxygens (including phenoxy) is 2. The normalized spacial score (nSPS) is 14.5. The minimum atomic E-state index is -0.525. The van der Waals surface area contributed by atoms with E-state index in [1.807, 2.05) is 6.92 Å². The third kappa shape index (κ3) is 4.12. The van der Waals surface area contributed by atoms with Crippen LogP contribution in [-0.2, 0) is 4.79 Å². The van der Waals surface area contributed by atoms with Gasteiger partial charge in [-0.2, -0.15) is 0 Å². The van der Waals surface area contributed by atoms with Crippen molar-refractivity contribution >= 4 is 17.3 Å². The van der Waals surface area contributed by atoms with E-state index < -0.39 is 4.92 Å². The summed E-state index contributed by atoms with van der Waals surface area (Å²) in [5, 5.41) is 14.0. The van der Waals surface area contributed by atoms with Crippen molar-refractivity contribution < 1.29 is 19.2 Å². The van der Waals surface area contributed by atoms with Gasteiger partial charge in [-0.15, -0.1) is 0 Å².